The lowest BCUT2D eigenvalue weighted by Crippen LogP contribution is -2.54. The highest BCUT2D eigenvalue weighted by Gasteiger charge is 2.31. The molecule has 0 aromatic heterocycles. The summed E-state index contributed by atoms with van der Waals surface area (Å²) in [4.78, 5) is 38.7. The number of nitrogens with two attached hydrogens (primary N) is 1. The van der Waals surface area contributed by atoms with Gasteiger partial charge in [-0.1, -0.05) is 30.3 Å². The molecule has 2 aromatic carbocycles. The molecular weight excluding hydrogens is 516 g/mol. The van der Waals surface area contributed by atoms with E-state index in [-0.39, 0.29) is 17.4 Å². The number of nitrogens with zero attached hydrogens (tertiary/aromatic N) is 2. The van der Waals surface area contributed by atoms with Gasteiger partial charge in [0.05, 0.1) is 17.9 Å². The van der Waals surface area contributed by atoms with Crippen molar-refractivity contribution in [2.45, 2.75) is 36.2 Å². The van der Waals surface area contributed by atoms with E-state index < -0.39 is 52.9 Å². The number of sulfonamides is 1. The van der Waals surface area contributed by atoms with Crippen molar-refractivity contribution < 1.29 is 33.0 Å². The lowest BCUT2D eigenvalue weighted by molar-refractivity contribution is -0.143. The Morgan fingerprint density at radius 3 is 2.58 bits per heavy atom. The van der Waals surface area contributed by atoms with Crippen molar-refractivity contribution in [3.8, 4) is 0 Å². The van der Waals surface area contributed by atoms with Crippen LogP contribution in [0.4, 0.5) is 0 Å². The second-order valence-corrected chi connectivity index (χ2v) is 10.8. The van der Waals surface area contributed by atoms with Crippen LogP contribution in [-0.4, -0.2) is 86.0 Å². The largest absolute Gasteiger partial charge is 0.480 e. The Hall–Kier alpha value is -3.75. The predicted molar refractivity (Wildman–Crippen MR) is 139 cm³/mol. The van der Waals surface area contributed by atoms with Crippen LogP contribution in [0.2, 0.25) is 0 Å². The first-order chi connectivity index (χ1) is 18.1. The SMILES string of the molecule is NN=CN1CCC[C@@H](CNC(=O)C[C@H](NS(=O)(=O)c2ccc3ccccc3c2)C(=O)N[C@@H](CO)C(=O)O)C1. The highest BCUT2D eigenvalue weighted by Crippen LogP contribution is 2.19. The smallest absolute Gasteiger partial charge is 0.328 e. The molecular formula is C24H32N6O7S. The molecule has 0 saturated carbocycles. The van der Waals surface area contributed by atoms with E-state index in [1.165, 1.54) is 18.5 Å². The van der Waals surface area contributed by atoms with Crippen LogP contribution in [-0.2, 0) is 24.4 Å². The number of carboxylic acids is 1. The van der Waals surface area contributed by atoms with Crippen molar-refractivity contribution in [2.75, 3.05) is 26.2 Å². The fourth-order valence-corrected chi connectivity index (χ4v) is 5.44. The van der Waals surface area contributed by atoms with Gasteiger partial charge < -0.3 is 31.6 Å². The van der Waals surface area contributed by atoms with Crippen LogP contribution in [0.25, 0.3) is 10.8 Å². The van der Waals surface area contributed by atoms with Gasteiger partial charge in [0.1, 0.15) is 18.4 Å². The minimum absolute atomic E-state index is 0.0954. The lowest BCUT2D eigenvalue weighted by Gasteiger charge is -2.31. The molecule has 0 radical (unpaired) electrons. The summed E-state index contributed by atoms with van der Waals surface area (Å²) < 4.78 is 28.5. The molecule has 38 heavy (non-hydrogen) atoms. The van der Waals surface area contributed by atoms with E-state index in [0.29, 0.717) is 11.9 Å². The molecule has 7 N–H and O–H groups in total. The number of hydrazone groups is 1. The molecule has 2 aromatic rings. The number of amides is 2. The first-order valence-corrected chi connectivity index (χ1v) is 13.5. The van der Waals surface area contributed by atoms with Crippen LogP contribution < -0.4 is 21.2 Å². The van der Waals surface area contributed by atoms with Gasteiger partial charge in [0, 0.05) is 19.6 Å². The Kier molecular flexibility index (Phi) is 9.98. The molecule has 14 heteroatoms. The molecule has 206 valence electrons. The second kappa shape index (κ2) is 13.2. The number of hydrogen-bond donors (Lipinski definition) is 6. The van der Waals surface area contributed by atoms with Gasteiger partial charge in [-0.05, 0) is 41.7 Å². The standard InChI is InChI=1S/C24H32N6O7S/c25-27-15-30-9-3-4-16(13-30)12-26-22(32)11-20(23(33)28-21(14-31)24(34)35)29-38(36,37)19-8-7-17-5-1-2-6-18(17)10-19/h1-2,5-8,10,15-16,20-21,29,31H,3-4,9,11-14,25H2,(H,26,32)(H,28,33)(H,34,35)/t16-,20-,21-/m0/s1. The second-order valence-electron chi connectivity index (χ2n) is 9.04. The monoisotopic (exact) mass is 548 g/mol. The number of likely N-dealkylation sites (tertiary alicyclic amines) is 1. The Bertz CT molecular complexity index is 1290. The molecule has 13 nitrogen and oxygen atoms in total. The molecule has 0 spiro atoms. The summed E-state index contributed by atoms with van der Waals surface area (Å²) in [5, 5.41) is 28.2. The fourth-order valence-electron chi connectivity index (χ4n) is 4.21. The van der Waals surface area contributed by atoms with Crippen molar-refractivity contribution >= 4 is 44.9 Å². The van der Waals surface area contributed by atoms with E-state index in [1.807, 2.05) is 17.0 Å². The minimum atomic E-state index is -4.29. The normalized spacial score (nSPS) is 17.7. The molecule has 3 rings (SSSR count). The van der Waals surface area contributed by atoms with Crippen LogP contribution in [0.3, 0.4) is 0 Å². The van der Waals surface area contributed by atoms with Crippen molar-refractivity contribution in [3.63, 3.8) is 0 Å². The zero-order valence-corrected chi connectivity index (χ0v) is 21.4. The highest BCUT2D eigenvalue weighted by atomic mass is 32.2. The Morgan fingerprint density at radius 1 is 1.16 bits per heavy atom. The number of fused-ring (bicyclic) bond motifs is 1. The Balaban J connectivity index is 1.74. The van der Waals surface area contributed by atoms with Crippen LogP contribution in [0.5, 0.6) is 0 Å². The summed E-state index contributed by atoms with van der Waals surface area (Å²) in [6, 6.07) is 8.22. The van der Waals surface area contributed by atoms with Gasteiger partial charge in [0.2, 0.25) is 21.8 Å². The van der Waals surface area contributed by atoms with E-state index in [2.05, 4.69) is 20.5 Å². The number of hydrogen-bond acceptors (Lipinski definition) is 8. The third-order valence-corrected chi connectivity index (χ3v) is 7.67. The fraction of sp³-hybridized carbons (Fsp3) is 0.417. The van der Waals surface area contributed by atoms with E-state index in [9.17, 15) is 33.0 Å². The average Bonchev–Trinajstić information content (AvgIpc) is 2.90. The zero-order chi connectivity index (χ0) is 27.7. The number of aliphatic hydroxyl groups excluding tert-OH is 1. The van der Waals surface area contributed by atoms with E-state index in [0.717, 1.165) is 24.8 Å². The topological polar surface area (TPSA) is 204 Å². The maximum Gasteiger partial charge on any atom is 0.328 e. The van der Waals surface area contributed by atoms with Crippen molar-refractivity contribution in [1.29, 1.82) is 0 Å². The maximum absolute atomic E-state index is 13.1. The number of nitrogens with one attached hydrogen (secondary N) is 3. The molecule has 0 aliphatic carbocycles. The number of benzene rings is 2. The van der Waals surface area contributed by atoms with Crippen molar-refractivity contribution in [1.82, 2.24) is 20.3 Å². The summed E-state index contributed by atoms with van der Waals surface area (Å²) in [7, 11) is -4.29. The summed E-state index contributed by atoms with van der Waals surface area (Å²) >= 11 is 0. The van der Waals surface area contributed by atoms with Crippen molar-refractivity contribution in [2.24, 2.45) is 16.9 Å². The number of carbonyl (C=O) groups is 3. The number of piperidine rings is 1. The molecule has 1 heterocycles. The number of carboxylic acid groups (broad SMARTS) is 1. The molecule has 1 aliphatic heterocycles. The maximum atomic E-state index is 13.1. The predicted octanol–water partition coefficient (Wildman–Crippen LogP) is -0.831. The summed E-state index contributed by atoms with van der Waals surface area (Å²) in [5.41, 5.74) is 0. The third-order valence-electron chi connectivity index (χ3n) is 6.20. The molecule has 1 aliphatic rings. The molecule has 2 amide bonds. The van der Waals surface area contributed by atoms with Gasteiger partial charge >= 0.3 is 5.97 Å². The van der Waals surface area contributed by atoms with Gasteiger partial charge in [-0.3, -0.25) is 9.59 Å². The lowest BCUT2D eigenvalue weighted by atomic mass is 9.98. The number of carbonyl (C=O) groups excluding carboxylic acids is 2. The van der Waals surface area contributed by atoms with Gasteiger partial charge in [-0.2, -0.15) is 9.82 Å². The molecule has 1 saturated heterocycles. The summed E-state index contributed by atoms with van der Waals surface area (Å²) in [6.07, 6.45) is 2.67. The number of aliphatic carboxylic acids is 1. The van der Waals surface area contributed by atoms with Crippen LogP contribution >= 0.6 is 0 Å². The van der Waals surface area contributed by atoms with Gasteiger partial charge in [0.25, 0.3) is 0 Å². The molecule has 0 unspecified atom stereocenters. The van der Waals surface area contributed by atoms with Crippen LogP contribution in [0.15, 0.2) is 52.5 Å². The van der Waals surface area contributed by atoms with Crippen LogP contribution in [0.1, 0.15) is 19.3 Å². The molecule has 0 bridgehead atoms. The summed E-state index contributed by atoms with van der Waals surface area (Å²) in [6.45, 7) is 0.783. The van der Waals surface area contributed by atoms with E-state index >= 15 is 0 Å². The Morgan fingerprint density at radius 2 is 1.89 bits per heavy atom. The van der Waals surface area contributed by atoms with E-state index in [4.69, 9.17) is 5.84 Å². The number of aliphatic hydroxyl groups is 1. The first kappa shape index (κ1) is 28.8. The quantitative estimate of drug-likeness (QED) is 0.0846. The summed E-state index contributed by atoms with van der Waals surface area (Å²) in [5.74, 6) is 2.12. The van der Waals surface area contributed by atoms with Gasteiger partial charge in [-0.25, -0.2) is 13.2 Å². The van der Waals surface area contributed by atoms with Crippen LogP contribution in [0, 0.1) is 5.92 Å². The van der Waals surface area contributed by atoms with Crippen molar-refractivity contribution in [3.05, 3.63) is 42.5 Å². The zero-order valence-electron chi connectivity index (χ0n) is 20.6. The van der Waals surface area contributed by atoms with Gasteiger partial charge in [-0.15, -0.1) is 0 Å². The number of rotatable bonds is 12. The van der Waals surface area contributed by atoms with E-state index in [1.54, 1.807) is 18.2 Å². The molecule has 1 fully saturated rings. The van der Waals surface area contributed by atoms with Gasteiger partial charge in [0.15, 0.2) is 0 Å². The first-order valence-electron chi connectivity index (χ1n) is 12.0. The molecule has 3 atom stereocenters. The third kappa shape index (κ3) is 7.87. The Labute approximate surface area is 220 Å². The average molecular weight is 549 g/mol. The minimum Gasteiger partial charge on any atom is -0.480 e. The highest BCUT2D eigenvalue weighted by molar-refractivity contribution is 7.89.